The molecule has 0 saturated heterocycles. The van der Waals surface area contributed by atoms with Gasteiger partial charge in [0.15, 0.2) is 5.03 Å². The molecule has 10 heteroatoms. The van der Waals surface area contributed by atoms with Gasteiger partial charge in [-0.1, -0.05) is 0 Å². The van der Waals surface area contributed by atoms with Crippen molar-refractivity contribution in [2.75, 3.05) is 32.1 Å². The Morgan fingerprint density at radius 3 is 2.63 bits per heavy atom. The molecule has 3 heterocycles. The van der Waals surface area contributed by atoms with Gasteiger partial charge in [-0.05, 0) is 40.1 Å². The van der Waals surface area contributed by atoms with E-state index < -0.39 is 16.1 Å². The third-order valence-electron chi connectivity index (χ3n) is 4.34. The van der Waals surface area contributed by atoms with Crippen LogP contribution in [0.1, 0.15) is 21.3 Å². The standard InChI is InChI=1S/C17H25N5O3S2/c1-11-15(22-8-14-16(9-22)26-12(2)19-14)5-6-17(18-11)27(24,25)20-13(10-23)7-21(3)4/h5-6,13,20,23H,7-10H2,1-4H3/t13-/m0/s1. The molecule has 27 heavy (non-hydrogen) atoms. The minimum Gasteiger partial charge on any atom is -0.395 e. The minimum absolute atomic E-state index is 0.0381. The maximum Gasteiger partial charge on any atom is 0.258 e. The van der Waals surface area contributed by atoms with E-state index in [1.54, 1.807) is 17.4 Å². The van der Waals surface area contributed by atoms with Gasteiger partial charge >= 0.3 is 0 Å². The Morgan fingerprint density at radius 1 is 1.30 bits per heavy atom. The van der Waals surface area contributed by atoms with E-state index in [1.807, 2.05) is 32.8 Å². The van der Waals surface area contributed by atoms with Crippen molar-refractivity contribution in [3.05, 3.63) is 33.4 Å². The highest BCUT2D eigenvalue weighted by molar-refractivity contribution is 7.89. The van der Waals surface area contributed by atoms with Crippen molar-refractivity contribution in [3.8, 4) is 0 Å². The number of aliphatic hydroxyl groups is 1. The average molecular weight is 412 g/mol. The third kappa shape index (κ3) is 4.46. The summed E-state index contributed by atoms with van der Waals surface area (Å²) in [5.74, 6) is 0. The summed E-state index contributed by atoms with van der Waals surface area (Å²) < 4.78 is 27.8. The molecule has 148 valence electrons. The summed E-state index contributed by atoms with van der Waals surface area (Å²) in [4.78, 5) is 14.1. The van der Waals surface area contributed by atoms with Crippen LogP contribution in [0.4, 0.5) is 5.69 Å². The first-order chi connectivity index (χ1) is 12.7. The summed E-state index contributed by atoms with van der Waals surface area (Å²) in [6.45, 7) is 5.41. The maximum atomic E-state index is 12.6. The zero-order chi connectivity index (χ0) is 19.8. The zero-order valence-corrected chi connectivity index (χ0v) is 17.6. The van der Waals surface area contributed by atoms with E-state index >= 15 is 0 Å². The van der Waals surface area contributed by atoms with Crippen LogP contribution in [0.5, 0.6) is 0 Å². The van der Waals surface area contributed by atoms with E-state index in [0.717, 1.165) is 22.9 Å². The molecular formula is C17H25N5O3S2. The summed E-state index contributed by atoms with van der Waals surface area (Å²) in [7, 11) is -0.167. The smallest absolute Gasteiger partial charge is 0.258 e. The molecule has 0 saturated carbocycles. The van der Waals surface area contributed by atoms with Crippen molar-refractivity contribution in [3.63, 3.8) is 0 Å². The monoisotopic (exact) mass is 411 g/mol. The third-order valence-corrected chi connectivity index (χ3v) is 6.76. The molecule has 1 aliphatic rings. The lowest BCUT2D eigenvalue weighted by molar-refractivity contribution is 0.226. The highest BCUT2D eigenvalue weighted by atomic mass is 32.2. The summed E-state index contributed by atoms with van der Waals surface area (Å²) >= 11 is 1.70. The number of hydrogen-bond acceptors (Lipinski definition) is 8. The molecule has 0 fully saturated rings. The van der Waals surface area contributed by atoms with E-state index in [-0.39, 0.29) is 11.6 Å². The SMILES string of the molecule is Cc1nc2c(s1)CN(c1ccc(S(=O)(=O)N[C@H](CO)CN(C)C)nc1C)C2. The van der Waals surface area contributed by atoms with Crippen molar-refractivity contribution in [1.82, 2.24) is 19.6 Å². The highest BCUT2D eigenvalue weighted by Crippen LogP contribution is 2.33. The first-order valence-electron chi connectivity index (χ1n) is 8.65. The maximum absolute atomic E-state index is 12.6. The fraction of sp³-hybridized carbons (Fsp3) is 0.529. The van der Waals surface area contributed by atoms with Gasteiger partial charge in [0.25, 0.3) is 10.0 Å². The Morgan fingerprint density at radius 2 is 2.04 bits per heavy atom. The molecule has 2 N–H and O–H groups in total. The number of pyridine rings is 1. The summed E-state index contributed by atoms with van der Waals surface area (Å²) in [5.41, 5.74) is 2.64. The number of sulfonamides is 1. The second kappa shape index (κ2) is 7.80. The van der Waals surface area contributed by atoms with Gasteiger partial charge in [-0.2, -0.15) is 0 Å². The van der Waals surface area contributed by atoms with Crippen LogP contribution in [0.2, 0.25) is 0 Å². The van der Waals surface area contributed by atoms with Gasteiger partial charge in [0.05, 0.1) is 47.8 Å². The number of anilines is 1. The average Bonchev–Trinajstić information content (AvgIpc) is 3.10. The van der Waals surface area contributed by atoms with Crippen LogP contribution < -0.4 is 9.62 Å². The number of nitrogens with zero attached hydrogens (tertiary/aromatic N) is 4. The molecule has 0 amide bonds. The van der Waals surface area contributed by atoms with Crippen molar-refractivity contribution < 1.29 is 13.5 Å². The van der Waals surface area contributed by atoms with Gasteiger partial charge in [0, 0.05) is 11.4 Å². The summed E-state index contributed by atoms with van der Waals surface area (Å²) in [5, 5.41) is 10.5. The van der Waals surface area contributed by atoms with Crippen LogP contribution in [0, 0.1) is 13.8 Å². The summed E-state index contributed by atoms with van der Waals surface area (Å²) in [6, 6.07) is 2.72. The van der Waals surface area contributed by atoms with Gasteiger partial charge < -0.3 is 14.9 Å². The fourth-order valence-electron chi connectivity index (χ4n) is 3.21. The second-order valence-electron chi connectivity index (χ2n) is 6.98. The molecule has 0 radical (unpaired) electrons. The molecule has 8 nitrogen and oxygen atoms in total. The lowest BCUT2D eigenvalue weighted by atomic mass is 10.3. The Labute approximate surface area is 163 Å². The predicted molar refractivity (Wildman–Crippen MR) is 105 cm³/mol. The first-order valence-corrected chi connectivity index (χ1v) is 10.9. The van der Waals surface area contributed by atoms with Gasteiger partial charge in [-0.25, -0.2) is 23.1 Å². The number of aryl methyl sites for hydroxylation is 2. The molecule has 1 aliphatic heterocycles. The van der Waals surface area contributed by atoms with Crippen LogP contribution >= 0.6 is 11.3 Å². The van der Waals surface area contributed by atoms with E-state index in [0.29, 0.717) is 18.8 Å². The van der Waals surface area contributed by atoms with E-state index in [9.17, 15) is 13.5 Å². The van der Waals surface area contributed by atoms with Gasteiger partial charge in [0.2, 0.25) is 0 Å². The van der Waals surface area contributed by atoms with Gasteiger partial charge in [0.1, 0.15) is 0 Å². The van der Waals surface area contributed by atoms with E-state index in [4.69, 9.17) is 0 Å². The molecule has 1 atom stereocenters. The molecule has 0 spiro atoms. The fourth-order valence-corrected chi connectivity index (χ4v) is 5.38. The van der Waals surface area contributed by atoms with Crippen molar-refractivity contribution in [2.24, 2.45) is 0 Å². The minimum atomic E-state index is -3.80. The molecule has 0 aliphatic carbocycles. The van der Waals surface area contributed by atoms with E-state index in [2.05, 4.69) is 19.6 Å². The molecule has 3 rings (SSSR count). The lowest BCUT2D eigenvalue weighted by Crippen LogP contribution is -2.44. The Bertz CT molecular complexity index is 903. The predicted octanol–water partition coefficient (Wildman–Crippen LogP) is 0.876. The second-order valence-corrected chi connectivity index (χ2v) is 9.92. The number of thiazole rings is 1. The van der Waals surface area contributed by atoms with E-state index in [1.165, 1.54) is 10.9 Å². The first kappa shape index (κ1) is 20.2. The van der Waals surface area contributed by atoms with Gasteiger partial charge in [-0.3, -0.25) is 0 Å². The molecule has 0 bridgehead atoms. The highest BCUT2D eigenvalue weighted by Gasteiger charge is 2.26. The number of aromatic nitrogens is 2. The van der Waals surface area contributed by atoms with Crippen molar-refractivity contribution in [2.45, 2.75) is 38.0 Å². The van der Waals surface area contributed by atoms with Crippen LogP contribution in [0.15, 0.2) is 17.2 Å². The molecular weight excluding hydrogens is 386 g/mol. The van der Waals surface area contributed by atoms with Crippen LogP contribution in [-0.4, -0.2) is 61.7 Å². The quantitative estimate of drug-likeness (QED) is 0.698. The molecule has 2 aromatic heterocycles. The van der Waals surface area contributed by atoms with Crippen LogP contribution in [0.25, 0.3) is 0 Å². The van der Waals surface area contributed by atoms with Gasteiger partial charge in [-0.15, -0.1) is 11.3 Å². The Kier molecular flexibility index (Phi) is 5.82. The zero-order valence-electron chi connectivity index (χ0n) is 15.9. The van der Waals surface area contributed by atoms with Crippen molar-refractivity contribution in [1.29, 1.82) is 0 Å². The lowest BCUT2D eigenvalue weighted by Gasteiger charge is -2.22. The molecule has 2 aromatic rings. The largest absolute Gasteiger partial charge is 0.395 e. The number of hydrogen-bond donors (Lipinski definition) is 2. The number of rotatable bonds is 7. The Hall–Kier alpha value is -1.59. The Balaban J connectivity index is 1.77. The summed E-state index contributed by atoms with van der Waals surface area (Å²) in [6.07, 6.45) is 0. The molecule has 0 unspecified atom stereocenters. The number of fused-ring (bicyclic) bond motifs is 1. The van der Waals surface area contributed by atoms with Crippen LogP contribution in [0.3, 0.4) is 0 Å². The topological polar surface area (TPSA) is 98.7 Å². The number of nitrogens with one attached hydrogen (secondary N) is 1. The van der Waals surface area contributed by atoms with Crippen molar-refractivity contribution >= 4 is 27.0 Å². The van der Waals surface area contributed by atoms with Crippen LogP contribution in [-0.2, 0) is 23.1 Å². The normalized spacial score (nSPS) is 15.4. The molecule has 0 aromatic carbocycles. The number of aliphatic hydroxyl groups excluding tert-OH is 1. The number of likely N-dealkylation sites (N-methyl/N-ethyl adjacent to an activating group) is 1.